The first-order chi connectivity index (χ1) is 8.47. The number of halogens is 2. The summed E-state index contributed by atoms with van der Waals surface area (Å²) in [6.45, 7) is 0. The number of rotatable bonds is 3. The zero-order valence-electron chi connectivity index (χ0n) is 8.84. The van der Waals surface area contributed by atoms with E-state index in [-0.39, 0.29) is 16.0 Å². The fraction of sp³-hybridized carbons (Fsp3) is 0. The standard InChI is InChI=1S/C10H7Cl2N3O2S/c11-7-2-1-3-8(6-7)18(16,17)15-9-4-5-13-10(12)14-9/h1-6H,(H,13,14,15). The maximum atomic E-state index is 12.0. The van der Waals surface area contributed by atoms with Crippen molar-refractivity contribution in [2.45, 2.75) is 4.90 Å². The lowest BCUT2D eigenvalue weighted by molar-refractivity contribution is 0.601. The minimum Gasteiger partial charge on any atom is -0.263 e. The number of nitrogens with one attached hydrogen (secondary N) is 1. The molecule has 0 radical (unpaired) electrons. The van der Waals surface area contributed by atoms with Gasteiger partial charge in [0.25, 0.3) is 10.0 Å². The van der Waals surface area contributed by atoms with Gasteiger partial charge in [0.15, 0.2) is 0 Å². The Balaban J connectivity index is 2.33. The lowest BCUT2D eigenvalue weighted by atomic mass is 10.4. The summed E-state index contributed by atoms with van der Waals surface area (Å²) in [6.07, 6.45) is 1.35. The van der Waals surface area contributed by atoms with E-state index in [1.54, 1.807) is 12.1 Å². The van der Waals surface area contributed by atoms with Crippen molar-refractivity contribution in [1.82, 2.24) is 9.97 Å². The van der Waals surface area contributed by atoms with Crippen molar-refractivity contribution in [3.05, 3.63) is 46.8 Å². The van der Waals surface area contributed by atoms with E-state index in [0.29, 0.717) is 5.02 Å². The first kappa shape index (κ1) is 13.1. The Morgan fingerprint density at radius 1 is 1.17 bits per heavy atom. The molecule has 0 amide bonds. The van der Waals surface area contributed by atoms with E-state index < -0.39 is 10.0 Å². The molecule has 5 nitrogen and oxygen atoms in total. The highest BCUT2D eigenvalue weighted by Crippen LogP contribution is 2.18. The molecule has 1 heterocycles. The smallest absolute Gasteiger partial charge is 0.263 e. The molecule has 2 rings (SSSR count). The van der Waals surface area contributed by atoms with Gasteiger partial charge in [-0.05, 0) is 35.9 Å². The zero-order valence-corrected chi connectivity index (χ0v) is 11.2. The number of anilines is 1. The Hall–Kier alpha value is -1.37. The van der Waals surface area contributed by atoms with Gasteiger partial charge in [0.05, 0.1) is 4.90 Å². The second kappa shape index (κ2) is 5.09. The summed E-state index contributed by atoms with van der Waals surface area (Å²) in [4.78, 5) is 7.44. The highest BCUT2D eigenvalue weighted by molar-refractivity contribution is 7.92. The van der Waals surface area contributed by atoms with Gasteiger partial charge in [-0.3, -0.25) is 4.72 Å². The molecule has 0 atom stereocenters. The maximum absolute atomic E-state index is 12.0. The van der Waals surface area contributed by atoms with Crippen LogP contribution in [0.2, 0.25) is 10.3 Å². The number of hydrogen-bond acceptors (Lipinski definition) is 4. The second-order valence-corrected chi connectivity index (χ2v) is 5.73. The van der Waals surface area contributed by atoms with E-state index in [4.69, 9.17) is 23.2 Å². The summed E-state index contributed by atoms with van der Waals surface area (Å²) in [6, 6.07) is 7.30. The van der Waals surface area contributed by atoms with Crippen molar-refractivity contribution in [3.63, 3.8) is 0 Å². The summed E-state index contributed by atoms with van der Waals surface area (Å²) >= 11 is 11.3. The molecular weight excluding hydrogens is 297 g/mol. The minimum absolute atomic E-state index is 0.0405. The van der Waals surface area contributed by atoms with Crippen molar-refractivity contribution in [1.29, 1.82) is 0 Å². The first-order valence-corrected chi connectivity index (χ1v) is 6.98. The van der Waals surface area contributed by atoms with Gasteiger partial charge in [0.1, 0.15) is 5.82 Å². The molecule has 0 spiro atoms. The van der Waals surface area contributed by atoms with Crippen LogP contribution in [0.15, 0.2) is 41.4 Å². The summed E-state index contributed by atoms with van der Waals surface area (Å²) in [5.41, 5.74) is 0. The first-order valence-electron chi connectivity index (χ1n) is 4.74. The normalized spacial score (nSPS) is 11.2. The van der Waals surface area contributed by atoms with Crippen LogP contribution in [0.3, 0.4) is 0 Å². The summed E-state index contributed by atoms with van der Waals surface area (Å²) in [5, 5.41) is 0.292. The zero-order chi connectivity index (χ0) is 13.2. The number of hydrogen-bond donors (Lipinski definition) is 1. The van der Waals surface area contributed by atoms with E-state index in [2.05, 4.69) is 14.7 Å². The van der Waals surface area contributed by atoms with Crippen LogP contribution in [-0.2, 0) is 10.0 Å². The molecule has 8 heteroatoms. The third-order valence-electron chi connectivity index (χ3n) is 1.97. The van der Waals surface area contributed by atoms with Gasteiger partial charge in [-0.1, -0.05) is 17.7 Å². The van der Waals surface area contributed by atoms with Gasteiger partial charge < -0.3 is 0 Å². The van der Waals surface area contributed by atoms with E-state index in [0.717, 1.165) is 0 Å². The van der Waals surface area contributed by atoms with E-state index in [1.165, 1.54) is 24.4 Å². The van der Waals surface area contributed by atoms with Crippen LogP contribution >= 0.6 is 23.2 Å². The van der Waals surface area contributed by atoms with Gasteiger partial charge in [0, 0.05) is 11.2 Å². The fourth-order valence-electron chi connectivity index (χ4n) is 1.22. The Morgan fingerprint density at radius 3 is 2.61 bits per heavy atom. The quantitative estimate of drug-likeness (QED) is 0.885. The Morgan fingerprint density at radius 2 is 1.94 bits per heavy atom. The molecule has 1 aromatic carbocycles. The Bertz CT molecular complexity index is 676. The topological polar surface area (TPSA) is 72.0 Å². The Labute approximate surface area is 114 Å². The second-order valence-electron chi connectivity index (χ2n) is 3.27. The number of sulfonamides is 1. The van der Waals surface area contributed by atoms with Gasteiger partial charge in [-0.2, -0.15) is 4.98 Å². The average molecular weight is 304 g/mol. The van der Waals surface area contributed by atoms with Crippen LogP contribution in [-0.4, -0.2) is 18.4 Å². The molecule has 1 aromatic heterocycles. The van der Waals surface area contributed by atoms with Crippen molar-refractivity contribution in [3.8, 4) is 0 Å². The molecule has 0 saturated carbocycles. The molecule has 0 fully saturated rings. The fourth-order valence-corrected chi connectivity index (χ4v) is 2.67. The van der Waals surface area contributed by atoms with Crippen LogP contribution in [0, 0.1) is 0 Å². The summed E-state index contributed by atoms with van der Waals surface area (Å²) < 4.78 is 26.3. The van der Waals surface area contributed by atoms with Crippen molar-refractivity contribution < 1.29 is 8.42 Å². The number of aromatic nitrogens is 2. The third kappa shape index (κ3) is 3.10. The molecule has 0 unspecified atom stereocenters. The third-order valence-corrected chi connectivity index (χ3v) is 3.74. The van der Waals surface area contributed by atoms with Crippen LogP contribution in [0.4, 0.5) is 5.82 Å². The molecule has 0 aliphatic heterocycles. The van der Waals surface area contributed by atoms with Gasteiger partial charge in [-0.25, -0.2) is 13.4 Å². The van der Waals surface area contributed by atoms with Gasteiger partial charge in [-0.15, -0.1) is 0 Å². The lowest BCUT2D eigenvalue weighted by Gasteiger charge is -2.07. The van der Waals surface area contributed by atoms with Crippen molar-refractivity contribution >= 4 is 39.0 Å². The van der Waals surface area contributed by atoms with E-state index >= 15 is 0 Å². The molecular formula is C10H7Cl2N3O2S. The number of nitrogens with zero attached hydrogens (tertiary/aromatic N) is 2. The van der Waals surface area contributed by atoms with Gasteiger partial charge >= 0.3 is 0 Å². The molecule has 0 aliphatic carbocycles. The monoisotopic (exact) mass is 303 g/mol. The lowest BCUT2D eigenvalue weighted by Crippen LogP contribution is -2.14. The highest BCUT2D eigenvalue weighted by Gasteiger charge is 2.15. The predicted molar refractivity (Wildman–Crippen MR) is 69.3 cm³/mol. The predicted octanol–water partition coefficient (Wildman–Crippen LogP) is 2.58. The van der Waals surface area contributed by atoms with E-state index in [1.807, 2.05) is 0 Å². The van der Waals surface area contributed by atoms with Crippen LogP contribution in [0.25, 0.3) is 0 Å². The minimum atomic E-state index is -3.74. The average Bonchev–Trinajstić information content (AvgIpc) is 2.28. The molecule has 0 saturated heterocycles. The molecule has 0 aliphatic rings. The molecule has 18 heavy (non-hydrogen) atoms. The highest BCUT2D eigenvalue weighted by atomic mass is 35.5. The van der Waals surface area contributed by atoms with Crippen LogP contribution in [0.1, 0.15) is 0 Å². The molecule has 2 aromatic rings. The maximum Gasteiger partial charge on any atom is 0.263 e. The Kier molecular flexibility index (Phi) is 3.70. The SMILES string of the molecule is O=S(=O)(Nc1ccnc(Cl)n1)c1cccc(Cl)c1. The van der Waals surface area contributed by atoms with Crippen molar-refractivity contribution in [2.75, 3.05) is 4.72 Å². The summed E-state index contributed by atoms with van der Waals surface area (Å²) in [5.74, 6) is 0.0926. The van der Waals surface area contributed by atoms with Crippen LogP contribution in [0.5, 0.6) is 0 Å². The summed E-state index contributed by atoms with van der Waals surface area (Å²) in [7, 11) is -3.74. The molecule has 1 N–H and O–H groups in total. The largest absolute Gasteiger partial charge is 0.263 e. The van der Waals surface area contributed by atoms with Crippen molar-refractivity contribution in [2.24, 2.45) is 0 Å². The molecule has 0 bridgehead atoms. The number of benzene rings is 1. The molecule has 94 valence electrons. The van der Waals surface area contributed by atoms with Gasteiger partial charge in [0.2, 0.25) is 5.28 Å². The van der Waals surface area contributed by atoms with E-state index in [9.17, 15) is 8.42 Å². The van der Waals surface area contributed by atoms with Crippen LogP contribution < -0.4 is 4.72 Å².